The zero-order chi connectivity index (χ0) is 28.3. The molecule has 2 unspecified atom stereocenters. The number of amides is 2. The number of nitrogens with zero attached hydrogens (tertiary/aromatic N) is 6. The number of β-lactam (4-membered cyclic amide) rings is 1. The van der Waals surface area contributed by atoms with E-state index in [2.05, 4.69) is 20.8 Å². The third-order valence-corrected chi connectivity index (χ3v) is 8.24. The Hall–Kier alpha value is -3.66. The molecule has 0 radical (unpaired) electrons. The number of hydrogen-bond donors (Lipinski definition) is 1. The number of nitrogens with one attached hydrogen (secondary N) is 1. The van der Waals surface area contributed by atoms with Crippen molar-refractivity contribution in [1.82, 2.24) is 35.0 Å². The number of carbonyl (C=O) groups excluding carboxylic acids is 5. The van der Waals surface area contributed by atoms with Crippen molar-refractivity contribution >= 4 is 53.6 Å². The Balaban J connectivity index is 1.47. The number of aryl methyl sites for hydroxylation is 1. The summed E-state index contributed by atoms with van der Waals surface area (Å²) in [5.41, 5.74) is 0.199. The Morgan fingerprint density at radius 2 is 2.05 bits per heavy atom. The zero-order valence-electron chi connectivity index (χ0n) is 21.7. The maximum Gasteiger partial charge on any atom is 0.357 e. The van der Waals surface area contributed by atoms with Crippen LogP contribution in [0.2, 0.25) is 0 Å². The van der Waals surface area contributed by atoms with Gasteiger partial charge in [0.15, 0.2) is 6.29 Å². The van der Waals surface area contributed by atoms with Crippen LogP contribution in [-0.4, -0.2) is 89.4 Å². The van der Waals surface area contributed by atoms with Gasteiger partial charge in [-0.2, -0.15) is 0 Å². The van der Waals surface area contributed by atoms with E-state index in [-0.39, 0.29) is 12.2 Å². The van der Waals surface area contributed by atoms with Crippen LogP contribution in [0, 0.1) is 5.41 Å². The Morgan fingerprint density at radius 3 is 2.72 bits per heavy atom. The summed E-state index contributed by atoms with van der Waals surface area (Å²) in [5, 5.41) is 14.0. The molecule has 16 heteroatoms. The maximum absolute atomic E-state index is 13.2. The third kappa shape index (κ3) is 6.16. The molecule has 1 fully saturated rings. The van der Waals surface area contributed by atoms with Crippen molar-refractivity contribution < 1.29 is 33.4 Å². The van der Waals surface area contributed by atoms with Crippen molar-refractivity contribution in [2.45, 2.75) is 43.9 Å². The quantitative estimate of drug-likeness (QED) is 0.136. The molecule has 0 spiro atoms. The van der Waals surface area contributed by atoms with E-state index in [0.717, 1.165) is 0 Å². The Labute approximate surface area is 231 Å². The molecule has 4 rings (SSSR count). The van der Waals surface area contributed by atoms with Crippen LogP contribution in [-0.2, 0) is 42.2 Å². The first-order valence-electron chi connectivity index (χ1n) is 11.8. The summed E-state index contributed by atoms with van der Waals surface area (Å²) in [5.74, 6) is -1.64. The Kier molecular flexibility index (Phi) is 8.44. The average Bonchev–Trinajstić information content (AvgIpc) is 3.52. The second kappa shape index (κ2) is 11.6. The van der Waals surface area contributed by atoms with Gasteiger partial charge >= 0.3 is 11.9 Å². The molecular weight excluding hydrogens is 550 g/mol. The number of ether oxygens (including phenoxy) is 2. The fraction of sp³-hybridized carbons (Fsp3) is 0.478. The summed E-state index contributed by atoms with van der Waals surface area (Å²) in [6, 6.07) is 2.35. The molecular formula is C23H27N7O7S2. The molecule has 1 saturated heterocycles. The highest BCUT2D eigenvalue weighted by Crippen LogP contribution is 2.41. The second-order valence-electron chi connectivity index (χ2n) is 9.69. The smallest absolute Gasteiger partial charge is 0.357 e. The predicted octanol–water partition coefficient (Wildman–Crippen LogP) is 0.360. The largest absolute Gasteiger partial charge is 0.427 e. The number of aromatic nitrogens is 5. The van der Waals surface area contributed by atoms with E-state index < -0.39 is 47.4 Å². The van der Waals surface area contributed by atoms with E-state index in [9.17, 15) is 24.0 Å². The summed E-state index contributed by atoms with van der Waals surface area (Å²) >= 11 is 2.67. The minimum Gasteiger partial charge on any atom is -0.427 e. The van der Waals surface area contributed by atoms with Gasteiger partial charge in [-0.1, -0.05) is 11.8 Å². The number of fused-ring (bicyclic) bond motifs is 1. The highest BCUT2D eigenvalue weighted by atomic mass is 32.2. The zero-order valence-corrected chi connectivity index (χ0v) is 23.3. The minimum atomic E-state index is -0.864. The molecule has 4 heterocycles. The molecule has 0 bridgehead atoms. The molecule has 2 aliphatic rings. The highest BCUT2D eigenvalue weighted by molar-refractivity contribution is 8.01. The Morgan fingerprint density at radius 1 is 1.28 bits per heavy atom. The fourth-order valence-corrected chi connectivity index (χ4v) is 6.09. The summed E-state index contributed by atoms with van der Waals surface area (Å²) < 4.78 is 13.2. The molecule has 2 amide bonds. The number of aldehydes is 1. The molecule has 2 aromatic heterocycles. The van der Waals surface area contributed by atoms with Gasteiger partial charge in [0.25, 0.3) is 5.91 Å². The van der Waals surface area contributed by atoms with Gasteiger partial charge in [0.1, 0.15) is 23.7 Å². The number of hydrogen-bond acceptors (Lipinski definition) is 12. The van der Waals surface area contributed by atoms with Gasteiger partial charge in [0.05, 0.1) is 11.1 Å². The SMILES string of the molecule is Cn1nnnc1SCC1=C(C(=O)OCOC(=O)C(C)(C)C)N2C(=O)C(NC(=O)Cn3cccc3C=O)C2SC1. The monoisotopic (exact) mass is 577 g/mol. The lowest BCUT2D eigenvalue weighted by atomic mass is 9.98. The van der Waals surface area contributed by atoms with E-state index in [1.807, 2.05) is 0 Å². The second-order valence-corrected chi connectivity index (χ2v) is 11.7. The van der Waals surface area contributed by atoms with E-state index in [4.69, 9.17) is 9.47 Å². The first-order valence-corrected chi connectivity index (χ1v) is 13.8. The first-order chi connectivity index (χ1) is 18.5. The standard InChI is InChI=1S/C23H27N7O7S2/c1-23(2,3)21(35)37-12-36-20(34)17-13(11-39-22-25-26-27-28(22)4)10-38-19-16(18(33)30(17)19)24-15(32)8-29-7-5-6-14(29)9-31/h5-7,9,16,19H,8,10-12H2,1-4H3,(H,24,32). The third-order valence-electron chi connectivity index (χ3n) is 5.81. The van der Waals surface area contributed by atoms with Crippen LogP contribution in [0.1, 0.15) is 31.3 Å². The van der Waals surface area contributed by atoms with Crippen molar-refractivity contribution in [1.29, 1.82) is 0 Å². The molecule has 2 aromatic rings. The topological polar surface area (TPSA) is 168 Å². The first kappa shape index (κ1) is 28.4. The van der Waals surface area contributed by atoms with E-state index in [1.54, 1.807) is 46.1 Å². The van der Waals surface area contributed by atoms with Gasteiger partial charge in [-0.05, 0) is 48.9 Å². The van der Waals surface area contributed by atoms with Crippen LogP contribution in [0.3, 0.4) is 0 Å². The van der Waals surface area contributed by atoms with Gasteiger partial charge in [-0.15, -0.1) is 16.9 Å². The van der Waals surface area contributed by atoms with Crippen LogP contribution in [0.15, 0.2) is 34.8 Å². The Bertz CT molecular complexity index is 1330. The predicted molar refractivity (Wildman–Crippen MR) is 138 cm³/mol. The van der Waals surface area contributed by atoms with E-state index in [1.165, 1.54) is 37.7 Å². The van der Waals surface area contributed by atoms with Gasteiger partial charge in [0.2, 0.25) is 17.9 Å². The van der Waals surface area contributed by atoms with Crippen molar-refractivity contribution in [2.75, 3.05) is 18.3 Å². The highest BCUT2D eigenvalue weighted by Gasteiger charge is 2.54. The molecule has 2 aliphatic heterocycles. The minimum absolute atomic E-state index is 0.0392. The summed E-state index contributed by atoms with van der Waals surface area (Å²) in [6.45, 7) is 4.26. The van der Waals surface area contributed by atoms with Gasteiger partial charge in [-0.3, -0.25) is 24.1 Å². The summed E-state index contributed by atoms with van der Waals surface area (Å²) in [7, 11) is 1.68. The molecule has 208 valence electrons. The van der Waals surface area contributed by atoms with Crippen molar-refractivity contribution in [3.05, 3.63) is 35.3 Å². The number of thioether (sulfide) groups is 2. The number of tetrazole rings is 1. The van der Waals surface area contributed by atoms with Crippen LogP contribution >= 0.6 is 23.5 Å². The lowest BCUT2D eigenvalue weighted by Gasteiger charge is -2.49. The molecule has 14 nitrogen and oxygen atoms in total. The van der Waals surface area contributed by atoms with Crippen LogP contribution in [0.5, 0.6) is 0 Å². The average molecular weight is 578 g/mol. The fourth-order valence-electron chi connectivity index (χ4n) is 3.75. The van der Waals surface area contributed by atoms with Gasteiger partial charge in [-0.25, -0.2) is 9.48 Å². The van der Waals surface area contributed by atoms with E-state index in [0.29, 0.717) is 34.2 Å². The van der Waals surface area contributed by atoms with Crippen molar-refractivity contribution in [3.8, 4) is 0 Å². The van der Waals surface area contributed by atoms with Crippen molar-refractivity contribution in [3.63, 3.8) is 0 Å². The van der Waals surface area contributed by atoms with Crippen LogP contribution in [0.4, 0.5) is 0 Å². The lowest BCUT2D eigenvalue weighted by Crippen LogP contribution is -2.70. The molecule has 0 saturated carbocycles. The molecule has 0 aromatic carbocycles. The summed E-state index contributed by atoms with van der Waals surface area (Å²) in [4.78, 5) is 63.5. The van der Waals surface area contributed by atoms with Gasteiger partial charge < -0.3 is 19.4 Å². The lowest BCUT2D eigenvalue weighted by molar-refractivity contribution is -0.173. The number of esters is 2. The molecule has 1 N–H and O–H groups in total. The van der Waals surface area contributed by atoms with Crippen LogP contribution < -0.4 is 5.32 Å². The number of rotatable bonds is 10. The molecule has 0 aliphatic carbocycles. The maximum atomic E-state index is 13.2. The normalized spacial score (nSPS) is 18.8. The summed E-state index contributed by atoms with van der Waals surface area (Å²) in [6.07, 6.45) is 2.23. The van der Waals surface area contributed by atoms with Crippen LogP contribution in [0.25, 0.3) is 0 Å². The number of carbonyl (C=O) groups is 5. The van der Waals surface area contributed by atoms with E-state index >= 15 is 0 Å². The van der Waals surface area contributed by atoms with Crippen molar-refractivity contribution in [2.24, 2.45) is 12.5 Å². The van der Waals surface area contributed by atoms with Gasteiger partial charge in [0, 0.05) is 24.8 Å². The molecule has 2 atom stereocenters. The molecule has 39 heavy (non-hydrogen) atoms.